The summed E-state index contributed by atoms with van der Waals surface area (Å²) in [7, 11) is -3.91. The van der Waals surface area contributed by atoms with E-state index in [0.717, 1.165) is 0 Å². The van der Waals surface area contributed by atoms with E-state index in [0.29, 0.717) is 25.7 Å². The fraction of sp³-hybridized carbons (Fsp3) is 0.949. The predicted molar refractivity (Wildman–Crippen MR) is 197 cm³/mol. The monoisotopic (exact) mass is 860 g/mol. The topological polar surface area (TPSA) is 274 Å². The molecular formula is C39H65NaO17S. The van der Waals surface area contributed by atoms with E-state index < -0.39 is 118 Å². The third-order valence-electron chi connectivity index (χ3n) is 15.2. The van der Waals surface area contributed by atoms with Crippen LogP contribution in [-0.2, 0) is 38.3 Å². The summed E-state index contributed by atoms with van der Waals surface area (Å²) in [6.45, 7) is 9.76. The van der Waals surface area contributed by atoms with Crippen LogP contribution in [0.3, 0.4) is 0 Å². The minimum Gasteiger partial charge on any atom is -0.726 e. The molecule has 6 fully saturated rings. The molecule has 4 aliphatic carbocycles. The number of hydrogen-bond acceptors (Lipinski definition) is 17. The molecule has 0 radical (unpaired) electrons. The number of rotatable bonds is 12. The van der Waals surface area contributed by atoms with E-state index in [1.165, 1.54) is 7.11 Å². The summed E-state index contributed by atoms with van der Waals surface area (Å²) < 4.78 is 69.5. The molecule has 17 nitrogen and oxygen atoms in total. The van der Waals surface area contributed by atoms with E-state index in [1.807, 2.05) is 20.8 Å². The molecule has 22 unspecified atom stereocenters. The summed E-state index contributed by atoms with van der Waals surface area (Å²) in [4.78, 5) is 0. The zero-order valence-electron chi connectivity index (χ0n) is 34.6. The van der Waals surface area contributed by atoms with Gasteiger partial charge in [0.05, 0.1) is 49.8 Å². The molecule has 0 spiro atoms. The summed E-state index contributed by atoms with van der Waals surface area (Å²) in [5.41, 5.74) is -3.04. The van der Waals surface area contributed by atoms with Gasteiger partial charge in [-0.2, -0.15) is 0 Å². The van der Waals surface area contributed by atoms with Gasteiger partial charge < -0.3 is 69.1 Å². The maximum absolute atomic E-state index is 12.8. The first-order valence-corrected chi connectivity index (χ1v) is 21.7. The zero-order chi connectivity index (χ0) is 42.0. The van der Waals surface area contributed by atoms with Crippen LogP contribution in [0.15, 0.2) is 12.2 Å². The van der Waals surface area contributed by atoms with Crippen molar-refractivity contribution < 1.29 is 111 Å². The van der Waals surface area contributed by atoms with Crippen molar-refractivity contribution in [2.24, 2.45) is 52.3 Å². The molecule has 22 atom stereocenters. The van der Waals surface area contributed by atoms with Gasteiger partial charge in [0, 0.05) is 25.4 Å². The van der Waals surface area contributed by atoms with Gasteiger partial charge in [-0.05, 0) is 72.5 Å². The van der Waals surface area contributed by atoms with Gasteiger partial charge in [0.15, 0.2) is 12.6 Å². The van der Waals surface area contributed by atoms with Gasteiger partial charge in [-0.15, -0.1) is 0 Å². The predicted octanol–water partition coefficient (Wildman–Crippen LogP) is -3.44. The first-order valence-electron chi connectivity index (χ1n) is 20.4. The maximum Gasteiger partial charge on any atom is 1.00 e. The largest absolute Gasteiger partial charge is 1.00 e. The molecule has 0 aromatic rings. The molecule has 0 bridgehead atoms. The maximum atomic E-state index is 12.8. The summed E-state index contributed by atoms with van der Waals surface area (Å²) in [6, 6.07) is 0. The Balaban J connectivity index is 0.00000641. The Kier molecular flexibility index (Phi) is 15.8. The van der Waals surface area contributed by atoms with Crippen molar-refractivity contribution in [2.45, 2.75) is 152 Å². The van der Waals surface area contributed by atoms with Gasteiger partial charge in [0.1, 0.15) is 36.6 Å². The van der Waals surface area contributed by atoms with Crippen LogP contribution in [0.1, 0.15) is 73.1 Å². The van der Waals surface area contributed by atoms with E-state index >= 15 is 0 Å². The average Bonchev–Trinajstić information content (AvgIpc) is 3.41. The standard InChI is InChI=1S/C39H66O17S.Na/c1-18(20(3)15-52-35-33(31(46)25(43)16-53-35)55-36-32(51-6)30(45)24(42)17-54-36)7-8-19(2)21-13-23(41)34-37(21,4)12-10-27-38(5)11-9-22(40)29(44)28(38)26(14-39(27,34)47)56-57(48,49)50;/h7-8,18-36,40-47H,9-17H2,1-6H3,(H,48,49,50);/q;+1/p-1/b8-7+;. The van der Waals surface area contributed by atoms with E-state index in [4.69, 9.17) is 27.9 Å². The number of hydrogen-bond donors (Lipinski definition) is 8. The van der Waals surface area contributed by atoms with E-state index in [2.05, 4.69) is 26.0 Å². The number of ether oxygens (including phenoxy) is 5. The third-order valence-corrected chi connectivity index (χ3v) is 15.7. The van der Waals surface area contributed by atoms with Gasteiger partial charge >= 0.3 is 29.6 Å². The van der Waals surface area contributed by atoms with E-state index in [-0.39, 0.29) is 85.9 Å². The molecule has 2 aliphatic heterocycles. The Bertz CT molecular complexity index is 1530. The third kappa shape index (κ3) is 9.19. The molecule has 6 rings (SSSR count). The second-order valence-corrected chi connectivity index (χ2v) is 19.6. The number of methoxy groups -OCH3 is 1. The fourth-order valence-electron chi connectivity index (χ4n) is 12.1. The molecule has 0 amide bonds. The summed E-state index contributed by atoms with van der Waals surface area (Å²) >= 11 is 0. The Labute approximate surface area is 363 Å². The first-order chi connectivity index (χ1) is 26.6. The summed E-state index contributed by atoms with van der Waals surface area (Å²) in [5, 5.41) is 87.8. The SMILES string of the molecule is COC1C(OC2C(OCC(C)C(C)/C=C/C(C)C3CC(O)C4C3(C)CCC3C5(C)CCC(O)C(O)C5C(OS(=O)(=O)[O-])CC34O)OCC(O)C2O)OCC(O)C1O.[Na+]. The molecule has 8 N–H and O–H groups in total. The van der Waals surface area contributed by atoms with Gasteiger partial charge in [-0.1, -0.05) is 46.8 Å². The van der Waals surface area contributed by atoms with Crippen LogP contribution < -0.4 is 29.6 Å². The van der Waals surface area contributed by atoms with Crippen molar-refractivity contribution in [3.05, 3.63) is 12.2 Å². The Morgan fingerprint density at radius 3 is 2.05 bits per heavy atom. The van der Waals surface area contributed by atoms with Crippen LogP contribution in [0.5, 0.6) is 0 Å². The molecule has 19 heteroatoms. The van der Waals surface area contributed by atoms with Crippen molar-refractivity contribution in [2.75, 3.05) is 26.9 Å². The minimum atomic E-state index is -5.23. The van der Waals surface area contributed by atoms with Crippen molar-refractivity contribution in [1.82, 2.24) is 0 Å². The van der Waals surface area contributed by atoms with E-state index in [1.54, 1.807) is 0 Å². The number of aliphatic hydroxyl groups is 8. The average molecular weight is 861 g/mol. The molecule has 330 valence electrons. The Morgan fingerprint density at radius 2 is 1.43 bits per heavy atom. The van der Waals surface area contributed by atoms with Crippen molar-refractivity contribution in [3.63, 3.8) is 0 Å². The number of allylic oxidation sites excluding steroid dienone is 2. The van der Waals surface area contributed by atoms with Crippen molar-refractivity contribution >= 4 is 10.4 Å². The summed E-state index contributed by atoms with van der Waals surface area (Å²) in [5.74, 6) is -2.21. The number of fused-ring (bicyclic) bond motifs is 5. The number of aliphatic hydroxyl groups excluding tert-OH is 7. The van der Waals surface area contributed by atoms with Gasteiger partial charge in [-0.3, -0.25) is 4.18 Å². The molecule has 6 aliphatic rings. The molecular weight excluding hydrogens is 795 g/mol. The molecule has 58 heavy (non-hydrogen) atoms. The van der Waals surface area contributed by atoms with Gasteiger partial charge in [0.25, 0.3) is 0 Å². The van der Waals surface area contributed by atoms with Crippen LogP contribution >= 0.6 is 0 Å². The minimum absolute atomic E-state index is 0. The van der Waals surface area contributed by atoms with Crippen molar-refractivity contribution in [1.29, 1.82) is 0 Å². The second kappa shape index (κ2) is 18.7. The van der Waals surface area contributed by atoms with E-state index in [9.17, 15) is 53.8 Å². The van der Waals surface area contributed by atoms with Crippen molar-refractivity contribution in [3.8, 4) is 0 Å². The van der Waals surface area contributed by atoms with Crippen LogP contribution in [0, 0.1) is 52.3 Å². The quantitative estimate of drug-likeness (QED) is 0.0410. The molecule has 0 aromatic heterocycles. The smallest absolute Gasteiger partial charge is 0.726 e. The van der Waals surface area contributed by atoms with Gasteiger partial charge in [0.2, 0.25) is 10.4 Å². The molecule has 0 aromatic carbocycles. The van der Waals surface area contributed by atoms with Crippen LogP contribution in [-0.4, -0.2) is 160 Å². The molecule has 2 saturated heterocycles. The van der Waals surface area contributed by atoms with Gasteiger partial charge in [-0.25, -0.2) is 8.42 Å². The zero-order valence-corrected chi connectivity index (χ0v) is 37.5. The second-order valence-electron chi connectivity index (χ2n) is 18.6. The normalized spacial score (nSPS) is 49.9. The fourth-order valence-corrected chi connectivity index (χ4v) is 12.6. The Hall–Kier alpha value is 0.0900. The Morgan fingerprint density at radius 1 is 0.828 bits per heavy atom. The molecule has 4 saturated carbocycles. The van der Waals surface area contributed by atoms with Crippen LogP contribution in [0.4, 0.5) is 0 Å². The van der Waals surface area contributed by atoms with Crippen LogP contribution in [0.2, 0.25) is 0 Å². The first kappa shape index (κ1) is 49.1. The summed E-state index contributed by atoms with van der Waals surface area (Å²) in [6.07, 6.45) is -8.38. The molecule has 2 heterocycles. The van der Waals surface area contributed by atoms with Crippen LogP contribution in [0.25, 0.3) is 0 Å².